The van der Waals surface area contributed by atoms with Gasteiger partial charge in [0, 0.05) is 50.5 Å². The van der Waals surface area contributed by atoms with Gasteiger partial charge < -0.3 is 24.4 Å². The van der Waals surface area contributed by atoms with Crippen LogP contribution in [0.1, 0.15) is 24.2 Å². The maximum absolute atomic E-state index is 12.6. The Morgan fingerprint density at radius 3 is 2.26 bits per heavy atom. The highest BCUT2D eigenvalue weighted by Crippen LogP contribution is 2.28. The number of methoxy groups -OCH3 is 1. The lowest BCUT2D eigenvalue weighted by atomic mass is 10.2. The summed E-state index contributed by atoms with van der Waals surface area (Å²) in [5, 5.41) is 3.02. The van der Waals surface area contributed by atoms with Crippen molar-refractivity contribution >= 4 is 11.6 Å². The summed E-state index contributed by atoms with van der Waals surface area (Å²) in [5.41, 5.74) is 1.80. The van der Waals surface area contributed by atoms with Gasteiger partial charge in [-0.3, -0.25) is 9.69 Å². The molecule has 0 aliphatic carbocycles. The Kier molecular flexibility index (Phi) is 8.41. The van der Waals surface area contributed by atoms with E-state index >= 15 is 0 Å². The average Bonchev–Trinajstić information content (AvgIpc) is 2.81. The van der Waals surface area contributed by atoms with Gasteiger partial charge in [-0.25, -0.2) is 0 Å². The number of carbonyl (C=O) groups excluding carboxylic acids is 1. The van der Waals surface area contributed by atoms with E-state index in [1.807, 2.05) is 26.0 Å². The van der Waals surface area contributed by atoms with E-state index in [1.165, 1.54) is 5.69 Å². The van der Waals surface area contributed by atoms with Gasteiger partial charge in [0.1, 0.15) is 5.75 Å². The van der Waals surface area contributed by atoms with Crippen molar-refractivity contribution in [3.8, 4) is 17.2 Å². The first-order valence-corrected chi connectivity index (χ1v) is 10.9. The van der Waals surface area contributed by atoms with Gasteiger partial charge in [-0.1, -0.05) is 0 Å². The zero-order chi connectivity index (χ0) is 22.1. The third kappa shape index (κ3) is 6.28. The first-order chi connectivity index (χ1) is 15.1. The molecular formula is C24H33N3O4. The summed E-state index contributed by atoms with van der Waals surface area (Å²) in [6, 6.07) is 13.5. The van der Waals surface area contributed by atoms with Gasteiger partial charge in [-0.2, -0.15) is 0 Å². The third-order valence-corrected chi connectivity index (χ3v) is 5.33. The zero-order valence-corrected chi connectivity index (χ0v) is 18.7. The molecule has 2 aromatic carbocycles. The number of nitrogens with one attached hydrogen (secondary N) is 1. The molecule has 168 valence electrons. The van der Waals surface area contributed by atoms with Crippen molar-refractivity contribution in [1.29, 1.82) is 0 Å². The lowest BCUT2D eigenvalue weighted by Gasteiger charge is -2.36. The van der Waals surface area contributed by atoms with Gasteiger partial charge in [-0.05, 0) is 56.3 Å². The fourth-order valence-corrected chi connectivity index (χ4v) is 3.64. The fourth-order valence-electron chi connectivity index (χ4n) is 3.64. The summed E-state index contributed by atoms with van der Waals surface area (Å²) >= 11 is 0. The second-order valence-corrected chi connectivity index (χ2v) is 7.31. The molecule has 0 aromatic heterocycles. The first kappa shape index (κ1) is 22.7. The summed E-state index contributed by atoms with van der Waals surface area (Å²) in [5.74, 6) is 2.04. The highest BCUT2D eigenvalue weighted by Gasteiger charge is 2.17. The monoisotopic (exact) mass is 427 g/mol. The molecule has 1 aliphatic rings. The van der Waals surface area contributed by atoms with Crippen LogP contribution in [-0.2, 0) is 0 Å². The minimum absolute atomic E-state index is 0.0964. The Labute approximate surface area is 184 Å². The standard InChI is InChI=1S/C24H33N3O4/c1-4-30-22-11-6-19(18-23(22)31-5-2)24(28)25-12-13-26-14-16-27(17-15-26)20-7-9-21(29-3)10-8-20/h6-11,18H,4-5,12-17H2,1-3H3,(H,25,28). The highest BCUT2D eigenvalue weighted by molar-refractivity contribution is 5.94. The molecule has 3 rings (SSSR count). The van der Waals surface area contributed by atoms with Crippen LogP contribution in [0.15, 0.2) is 42.5 Å². The number of amides is 1. The Morgan fingerprint density at radius 1 is 0.935 bits per heavy atom. The van der Waals surface area contributed by atoms with Crippen molar-refractivity contribution in [2.24, 2.45) is 0 Å². The molecule has 0 spiro atoms. The molecule has 31 heavy (non-hydrogen) atoms. The molecule has 0 unspecified atom stereocenters. The number of ether oxygens (including phenoxy) is 3. The quantitative estimate of drug-likeness (QED) is 0.629. The number of hydrogen-bond donors (Lipinski definition) is 1. The lowest BCUT2D eigenvalue weighted by molar-refractivity contribution is 0.0947. The maximum atomic E-state index is 12.6. The van der Waals surface area contributed by atoms with Crippen LogP contribution in [0.2, 0.25) is 0 Å². The minimum Gasteiger partial charge on any atom is -0.497 e. The van der Waals surface area contributed by atoms with Gasteiger partial charge in [-0.15, -0.1) is 0 Å². The Hall–Kier alpha value is -2.93. The lowest BCUT2D eigenvalue weighted by Crippen LogP contribution is -2.48. The summed E-state index contributed by atoms with van der Waals surface area (Å²) in [4.78, 5) is 17.3. The van der Waals surface area contributed by atoms with Crippen molar-refractivity contribution in [3.05, 3.63) is 48.0 Å². The Morgan fingerprint density at radius 2 is 1.61 bits per heavy atom. The molecule has 7 heteroatoms. The van der Waals surface area contributed by atoms with Crippen LogP contribution in [0.5, 0.6) is 17.2 Å². The number of nitrogens with zero attached hydrogens (tertiary/aromatic N) is 2. The molecular weight excluding hydrogens is 394 g/mol. The Bertz CT molecular complexity index is 833. The molecule has 1 heterocycles. The SMILES string of the molecule is CCOc1ccc(C(=O)NCCN2CCN(c3ccc(OC)cc3)CC2)cc1OCC. The van der Waals surface area contributed by atoms with E-state index in [0.717, 1.165) is 38.5 Å². The molecule has 0 atom stereocenters. The molecule has 7 nitrogen and oxygen atoms in total. The number of carbonyl (C=O) groups is 1. The number of rotatable bonds is 10. The molecule has 0 radical (unpaired) electrons. The van der Waals surface area contributed by atoms with E-state index in [1.54, 1.807) is 25.3 Å². The van der Waals surface area contributed by atoms with Crippen molar-refractivity contribution < 1.29 is 19.0 Å². The number of anilines is 1. The van der Waals surface area contributed by atoms with Crippen LogP contribution in [0.3, 0.4) is 0 Å². The van der Waals surface area contributed by atoms with Crippen molar-refractivity contribution in [2.45, 2.75) is 13.8 Å². The number of hydrogen-bond acceptors (Lipinski definition) is 6. The molecule has 2 aromatic rings. The first-order valence-electron chi connectivity index (χ1n) is 10.9. The third-order valence-electron chi connectivity index (χ3n) is 5.33. The van der Waals surface area contributed by atoms with Crippen LogP contribution in [0, 0.1) is 0 Å². The molecule has 1 saturated heterocycles. The van der Waals surface area contributed by atoms with Crippen molar-refractivity contribution in [1.82, 2.24) is 10.2 Å². The molecule has 1 fully saturated rings. The largest absolute Gasteiger partial charge is 0.497 e. The van der Waals surface area contributed by atoms with Gasteiger partial charge >= 0.3 is 0 Å². The summed E-state index contributed by atoms with van der Waals surface area (Å²) in [7, 11) is 1.68. The maximum Gasteiger partial charge on any atom is 0.251 e. The van der Waals surface area contributed by atoms with E-state index in [-0.39, 0.29) is 5.91 Å². The molecule has 1 aliphatic heterocycles. The summed E-state index contributed by atoms with van der Waals surface area (Å²) < 4.78 is 16.4. The summed E-state index contributed by atoms with van der Waals surface area (Å²) in [6.45, 7) is 10.2. The number of piperazine rings is 1. The van der Waals surface area contributed by atoms with Gasteiger partial charge in [0.15, 0.2) is 11.5 Å². The zero-order valence-electron chi connectivity index (χ0n) is 18.7. The van der Waals surface area contributed by atoms with Crippen LogP contribution in [0.4, 0.5) is 5.69 Å². The molecule has 0 saturated carbocycles. The van der Waals surface area contributed by atoms with Gasteiger partial charge in [0.2, 0.25) is 0 Å². The minimum atomic E-state index is -0.0964. The second kappa shape index (κ2) is 11.5. The summed E-state index contributed by atoms with van der Waals surface area (Å²) in [6.07, 6.45) is 0. The highest BCUT2D eigenvalue weighted by atomic mass is 16.5. The van der Waals surface area contributed by atoms with Crippen LogP contribution < -0.4 is 24.4 Å². The normalized spacial score (nSPS) is 14.2. The van der Waals surface area contributed by atoms with E-state index in [2.05, 4.69) is 27.2 Å². The number of benzene rings is 2. The van der Waals surface area contributed by atoms with E-state index in [9.17, 15) is 4.79 Å². The molecule has 1 amide bonds. The van der Waals surface area contributed by atoms with E-state index in [4.69, 9.17) is 14.2 Å². The van der Waals surface area contributed by atoms with Crippen molar-refractivity contribution in [2.75, 3.05) is 64.5 Å². The molecule has 1 N–H and O–H groups in total. The van der Waals surface area contributed by atoms with Gasteiger partial charge in [0.05, 0.1) is 20.3 Å². The average molecular weight is 428 g/mol. The van der Waals surface area contributed by atoms with Crippen LogP contribution in [0.25, 0.3) is 0 Å². The van der Waals surface area contributed by atoms with E-state index in [0.29, 0.717) is 36.8 Å². The van der Waals surface area contributed by atoms with Crippen LogP contribution >= 0.6 is 0 Å². The van der Waals surface area contributed by atoms with E-state index < -0.39 is 0 Å². The predicted molar refractivity (Wildman–Crippen MR) is 123 cm³/mol. The van der Waals surface area contributed by atoms with Gasteiger partial charge in [0.25, 0.3) is 5.91 Å². The second-order valence-electron chi connectivity index (χ2n) is 7.31. The smallest absolute Gasteiger partial charge is 0.251 e. The Balaban J connectivity index is 1.44. The fraction of sp³-hybridized carbons (Fsp3) is 0.458. The predicted octanol–water partition coefficient (Wildman–Crippen LogP) is 3.04. The topological polar surface area (TPSA) is 63.3 Å². The molecule has 0 bridgehead atoms. The van der Waals surface area contributed by atoms with Crippen molar-refractivity contribution in [3.63, 3.8) is 0 Å². The van der Waals surface area contributed by atoms with Crippen LogP contribution in [-0.4, -0.2) is 70.4 Å².